The Kier molecular flexibility index (Phi) is 3.72. The van der Waals surface area contributed by atoms with Crippen molar-refractivity contribution in [3.05, 3.63) is 29.9 Å². The fourth-order valence-corrected chi connectivity index (χ4v) is 2.49. The molecular formula is C13H15N3OS. The Morgan fingerprint density at radius 2 is 2.33 bits per heavy atom. The highest BCUT2D eigenvalue weighted by atomic mass is 32.1. The number of aliphatic imine (C=N–C) groups is 1. The van der Waals surface area contributed by atoms with Gasteiger partial charge in [-0.25, -0.2) is 4.98 Å². The van der Waals surface area contributed by atoms with Crippen molar-refractivity contribution < 1.29 is 4.79 Å². The highest BCUT2D eigenvalue weighted by Gasteiger charge is 2.39. The maximum atomic E-state index is 11.8. The lowest BCUT2D eigenvalue weighted by molar-refractivity contribution is -0.117. The summed E-state index contributed by atoms with van der Waals surface area (Å²) in [6.07, 6.45) is 5.74. The standard InChI is InChI=1S/C13H15N3OS/c1-4-10-11(7-14-5-2)18-13(15-10)16-12(17)9-6-8(9)3/h4-5,7-9H,1-2,6H2,3H3,(H,15,16,17). The van der Waals surface area contributed by atoms with Crippen LogP contribution in [0.4, 0.5) is 5.13 Å². The van der Waals surface area contributed by atoms with E-state index in [1.165, 1.54) is 17.5 Å². The van der Waals surface area contributed by atoms with Crippen LogP contribution in [0, 0.1) is 11.8 Å². The van der Waals surface area contributed by atoms with Gasteiger partial charge in [-0.15, -0.1) is 0 Å². The van der Waals surface area contributed by atoms with E-state index in [0.717, 1.165) is 17.0 Å². The van der Waals surface area contributed by atoms with Crippen LogP contribution in [0.5, 0.6) is 0 Å². The van der Waals surface area contributed by atoms with Gasteiger partial charge in [-0.3, -0.25) is 9.79 Å². The number of anilines is 1. The molecule has 2 unspecified atom stereocenters. The van der Waals surface area contributed by atoms with Gasteiger partial charge in [-0.2, -0.15) is 0 Å². The van der Waals surface area contributed by atoms with Gasteiger partial charge < -0.3 is 5.32 Å². The van der Waals surface area contributed by atoms with Gasteiger partial charge in [0.15, 0.2) is 5.13 Å². The first-order valence-corrected chi connectivity index (χ1v) is 6.55. The van der Waals surface area contributed by atoms with Crippen molar-refractivity contribution in [3.63, 3.8) is 0 Å². The minimum atomic E-state index is 0.0547. The average Bonchev–Trinajstić information content (AvgIpc) is 2.96. The van der Waals surface area contributed by atoms with Crippen LogP contribution in [0.1, 0.15) is 23.9 Å². The van der Waals surface area contributed by atoms with Gasteiger partial charge in [0.2, 0.25) is 5.91 Å². The molecule has 1 aromatic heterocycles. The van der Waals surface area contributed by atoms with E-state index in [2.05, 4.69) is 35.4 Å². The summed E-state index contributed by atoms with van der Waals surface area (Å²) in [6, 6.07) is 0. The summed E-state index contributed by atoms with van der Waals surface area (Å²) < 4.78 is 0. The van der Waals surface area contributed by atoms with E-state index < -0.39 is 0 Å². The zero-order valence-electron chi connectivity index (χ0n) is 10.2. The zero-order chi connectivity index (χ0) is 13.1. The predicted molar refractivity (Wildman–Crippen MR) is 75.9 cm³/mol. The van der Waals surface area contributed by atoms with Crippen LogP contribution in [-0.4, -0.2) is 17.1 Å². The van der Waals surface area contributed by atoms with Crippen LogP contribution in [0.25, 0.3) is 6.08 Å². The summed E-state index contributed by atoms with van der Waals surface area (Å²) in [4.78, 5) is 20.9. The Labute approximate surface area is 110 Å². The van der Waals surface area contributed by atoms with E-state index in [-0.39, 0.29) is 11.8 Å². The summed E-state index contributed by atoms with van der Waals surface area (Å²) in [5, 5.41) is 3.44. The minimum absolute atomic E-state index is 0.0547. The number of hydrogen-bond acceptors (Lipinski definition) is 4. The molecule has 4 nitrogen and oxygen atoms in total. The van der Waals surface area contributed by atoms with E-state index in [4.69, 9.17) is 0 Å². The van der Waals surface area contributed by atoms with E-state index >= 15 is 0 Å². The Balaban J connectivity index is 2.11. The van der Waals surface area contributed by atoms with Crippen LogP contribution in [-0.2, 0) is 4.79 Å². The third-order valence-corrected chi connectivity index (χ3v) is 3.77. The molecule has 2 rings (SSSR count). The third-order valence-electron chi connectivity index (χ3n) is 2.85. The molecular weight excluding hydrogens is 246 g/mol. The molecule has 0 saturated heterocycles. The molecule has 2 atom stereocenters. The second kappa shape index (κ2) is 5.27. The largest absolute Gasteiger partial charge is 0.302 e. The number of aromatic nitrogens is 1. The van der Waals surface area contributed by atoms with Crippen LogP contribution in [0.2, 0.25) is 0 Å². The zero-order valence-corrected chi connectivity index (χ0v) is 11.0. The number of nitrogens with zero attached hydrogens (tertiary/aromatic N) is 2. The number of amides is 1. The quantitative estimate of drug-likeness (QED) is 0.828. The highest BCUT2D eigenvalue weighted by Crippen LogP contribution is 2.38. The number of hydrogen-bond donors (Lipinski definition) is 1. The summed E-state index contributed by atoms with van der Waals surface area (Å²) in [7, 11) is 0. The molecule has 1 aliphatic rings. The van der Waals surface area contributed by atoms with Gasteiger partial charge in [0.25, 0.3) is 0 Å². The van der Waals surface area contributed by atoms with Crippen LogP contribution in [0.15, 0.2) is 24.4 Å². The molecule has 18 heavy (non-hydrogen) atoms. The Morgan fingerprint density at radius 1 is 1.61 bits per heavy atom. The predicted octanol–water partition coefficient (Wildman–Crippen LogP) is 2.94. The SMILES string of the molecule is C=CN=Cc1sc(NC(=O)C2CC2C)nc1C=C. The first-order chi connectivity index (χ1) is 8.65. The van der Waals surface area contributed by atoms with Crippen LogP contribution >= 0.6 is 11.3 Å². The van der Waals surface area contributed by atoms with Crippen molar-refractivity contribution in [2.45, 2.75) is 13.3 Å². The lowest BCUT2D eigenvalue weighted by Gasteiger charge is -1.98. The highest BCUT2D eigenvalue weighted by molar-refractivity contribution is 7.17. The first-order valence-electron chi connectivity index (χ1n) is 5.74. The average molecular weight is 261 g/mol. The van der Waals surface area contributed by atoms with E-state index in [1.807, 2.05) is 0 Å². The molecule has 0 aliphatic heterocycles. The number of rotatable bonds is 5. The smallest absolute Gasteiger partial charge is 0.229 e. The van der Waals surface area contributed by atoms with Gasteiger partial charge in [-0.05, 0) is 18.4 Å². The molecule has 0 aromatic carbocycles. The normalized spacial score (nSPS) is 21.8. The lowest BCUT2D eigenvalue weighted by Crippen LogP contribution is -2.14. The summed E-state index contributed by atoms with van der Waals surface area (Å²) in [5.74, 6) is 0.691. The van der Waals surface area contributed by atoms with Crippen molar-refractivity contribution in [3.8, 4) is 0 Å². The van der Waals surface area contributed by atoms with Gasteiger partial charge in [0.05, 0.1) is 10.6 Å². The van der Waals surface area contributed by atoms with Gasteiger partial charge in [-0.1, -0.05) is 31.4 Å². The molecule has 1 N–H and O–H groups in total. The first kappa shape index (κ1) is 12.7. The lowest BCUT2D eigenvalue weighted by atomic mass is 10.3. The van der Waals surface area contributed by atoms with E-state index in [9.17, 15) is 4.79 Å². The van der Waals surface area contributed by atoms with Crippen molar-refractivity contribution >= 4 is 34.7 Å². The third kappa shape index (κ3) is 2.73. The Hall–Kier alpha value is -1.75. The van der Waals surface area contributed by atoms with Crippen molar-refractivity contribution in [1.82, 2.24) is 4.98 Å². The molecule has 5 heteroatoms. The second-order valence-electron chi connectivity index (χ2n) is 4.24. The van der Waals surface area contributed by atoms with Crippen molar-refractivity contribution in [2.75, 3.05) is 5.32 Å². The molecule has 1 amide bonds. The fourth-order valence-electron chi connectivity index (χ4n) is 1.64. The fraction of sp³-hybridized carbons (Fsp3) is 0.308. The number of carbonyl (C=O) groups is 1. The second-order valence-corrected chi connectivity index (χ2v) is 5.27. The van der Waals surface area contributed by atoms with E-state index in [1.54, 1.807) is 12.3 Å². The summed E-state index contributed by atoms with van der Waals surface area (Å²) >= 11 is 1.39. The molecule has 1 saturated carbocycles. The van der Waals surface area contributed by atoms with Crippen molar-refractivity contribution in [1.29, 1.82) is 0 Å². The summed E-state index contributed by atoms with van der Waals surface area (Å²) in [6.45, 7) is 9.29. The Morgan fingerprint density at radius 3 is 2.89 bits per heavy atom. The van der Waals surface area contributed by atoms with Crippen LogP contribution in [0.3, 0.4) is 0 Å². The molecule has 0 radical (unpaired) electrons. The summed E-state index contributed by atoms with van der Waals surface area (Å²) in [5.41, 5.74) is 0.727. The maximum absolute atomic E-state index is 11.8. The van der Waals surface area contributed by atoms with Gasteiger partial charge in [0, 0.05) is 18.3 Å². The molecule has 94 valence electrons. The van der Waals surface area contributed by atoms with Gasteiger partial charge >= 0.3 is 0 Å². The monoisotopic (exact) mass is 261 g/mol. The molecule has 1 aliphatic carbocycles. The molecule has 1 aromatic rings. The maximum Gasteiger partial charge on any atom is 0.229 e. The van der Waals surface area contributed by atoms with Crippen molar-refractivity contribution in [2.24, 2.45) is 16.8 Å². The molecule has 0 spiro atoms. The molecule has 1 heterocycles. The van der Waals surface area contributed by atoms with E-state index in [0.29, 0.717) is 11.0 Å². The molecule has 0 bridgehead atoms. The number of thiazole rings is 1. The van der Waals surface area contributed by atoms with Gasteiger partial charge in [0.1, 0.15) is 0 Å². The number of carbonyl (C=O) groups excluding carboxylic acids is 1. The molecule has 1 fully saturated rings. The minimum Gasteiger partial charge on any atom is -0.302 e. The Bertz CT molecular complexity index is 518. The van der Waals surface area contributed by atoms with Crippen LogP contribution < -0.4 is 5.32 Å². The number of nitrogens with one attached hydrogen (secondary N) is 1. The topological polar surface area (TPSA) is 54.4 Å².